The van der Waals surface area contributed by atoms with Crippen LogP contribution in [0, 0.1) is 5.92 Å². The van der Waals surface area contributed by atoms with E-state index in [1.54, 1.807) is 0 Å². The molecule has 2 aromatic heterocycles. The number of aromatic amines is 1. The third-order valence-electron chi connectivity index (χ3n) is 3.82. The number of anilines is 1. The number of carbonyl (C=O) groups is 1. The number of aryl methyl sites for hydroxylation is 1. The van der Waals surface area contributed by atoms with E-state index in [2.05, 4.69) is 37.7 Å². The van der Waals surface area contributed by atoms with Crippen LogP contribution in [0.25, 0.3) is 11.0 Å². The molecule has 7 heteroatoms. The van der Waals surface area contributed by atoms with E-state index < -0.39 is 0 Å². The van der Waals surface area contributed by atoms with E-state index in [9.17, 15) is 4.79 Å². The standard InChI is InChI=1S/C14H18N6O/c1-3-9-6-16-13-11(9)12(17-7-18-13)15-5-4-10-8(2)19-20-14(10)21/h6-7,10H,3-5H2,1-2H3,(H,20,21)(H2,15,16,17,18). The lowest BCUT2D eigenvalue weighted by atomic mass is 10.0. The molecule has 0 aliphatic carbocycles. The topological polar surface area (TPSA) is 95.1 Å². The van der Waals surface area contributed by atoms with Crippen molar-refractivity contribution in [2.24, 2.45) is 11.0 Å². The van der Waals surface area contributed by atoms with Gasteiger partial charge in [0.15, 0.2) is 0 Å². The van der Waals surface area contributed by atoms with Crippen LogP contribution in [0.1, 0.15) is 25.8 Å². The van der Waals surface area contributed by atoms with Crippen molar-refractivity contribution in [1.29, 1.82) is 0 Å². The molecular weight excluding hydrogens is 268 g/mol. The first-order valence-corrected chi connectivity index (χ1v) is 7.09. The van der Waals surface area contributed by atoms with Gasteiger partial charge >= 0.3 is 0 Å². The van der Waals surface area contributed by atoms with Crippen molar-refractivity contribution < 1.29 is 4.79 Å². The average molecular weight is 286 g/mol. The number of hydrazone groups is 1. The summed E-state index contributed by atoms with van der Waals surface area (Å²) in [5, 5.41) is 8.29. The normalized spacial score (nSPS) is 17.9. The van der Waals surface area contributed by atoms with Crippen LogP contribution in [0.2, 0.25) is 0 Å². The Morgan fingerprint density at radius 1 is 1.38 bits per heavy atom. The van der Waals surface area contributed by atoms with Crippen molar-refractivity contribution >= 4 is 28.5 Å². The van der Waals surface area contributed by atoms with E-state index in [1.807, 2.05) is 13.1 Å². The molecule has 1 amide bonds. The second-order valence-corrected chi connectivity index (χ2v) is 5.11. The van der Waals surface area contributed by atoms with E-state index in [0.29, 0.717) is 13.0 Å². The Morgan fingerprint density at radius 3 is 2.95 bits per heavy atom. The summed E-state index contributed by atoms with van der Waals surface area (Å²) in [5.41, 5.74) is 5.36. The van der Waals surface area contributed by atoms with Crippen molar-refractivity contribution in [2.45, 2.75) is 26.7 Å². The Balaban J connectivity index is 1.72. The van der Waals surface area contributed by atoms with Crippen molar-refractivity contribution in [2.75, 3.05) is 11.9 Å². The number of H-pyrrole nitrogens is 1. The number of hydrogen-bond donors (Lipinski definition) is 3. The number of hydrogen-bond acceptors (Lipinski definition) is 5. The predicted octanol–water partition coefficient (Wildman–Crippen LogP) is 1.44. The minimum Gasteiger partial charge on any atom is -0.369 e. The Morgan fingerprint density at radius 2 is 2.24 bits per heavy atom. The SMILES string of the molecule is CCc1c[nH]c2ncnc(NCCC3C(=O)NN=C3C)c12. The third-order valence-corrected chi connectivity index (χ3v) is 3.82. The number of fused-ring (bicyclic) bond motifs is 1. The minimum atomic E-state index is -0.147. The van der Waals surface area contributed by atoms with Crippen LogP contribution in [0.3, 0.4) is 0 Å². The number of amides is 1. The molecule has 7 nitrogen and oxygen atoms in total. The lowest BCUT2D eigenvalue weighted by Gasteiger charge is -2.10. The molecule has 0 fully saturated rings. The molecule has 21 heavy (non-hydrogen) atoms. The number of aromatic nitrogens is 3. The van der Waals surface area contributed by atoms with E-state index in [0.717, 1.165) is 29.0 Å². The second kappa shape index (κ2) is 5.51. The van der Waals surface area contributed by atoms with Crippen LogP contribution >= 0.6 is 0 Å². The lowest BCUT2D eigenvalue weighted by molar-refractivity contribution is -0.122. The van der Waals surface area contributed by atoms with Gasteiger partial charge < -0.3 is 10.3 Å². The summed E-state index contributed by atoms with van der Waals surface area (Å²) < 4.78 is 0. The molecule has 1 aliphatic heterocycles. The zero-order valence-electron chi connectivity index (χ0n) is 12.1. The largest absolute Gasteiger partial charge is 0.369 e. The zero-order valence-corrected chi connectivity index (χ0v) is 12.1. The highest BCUT2D eigenvalue weighted by Gasteiger charge is 2.26. The fraction of sp³-hybridized carbons (Fsp3) is 0.429. The van der Waals surface area contributed by atoms with Gasteiger partial charge in [0.1, 0.15) is 17.8 Å². The number of nitrogens with zero attached hydrogens (tertiary/aromatic N) is 3. The van der Waals surface area contributed by atoms with Crippen molar-refractivity contribution in [3.05, 3.63) is 18.1 Å². The third kappa shape index (κ3) is 2.46. The van der Waals surface area contributed by atoms with E-state index in [-0.39, 0.29) is 11.8 Å². The van der Waals surface area contributed by atoms with Gasteiger partial charge in [0.05, 0.1) is 11.3 Å². The number of rotatable bonds is 5. The summed E-state index contributed by atoms with van der Waals surface area (Å²) in [6.45, 7) is 4.63. The molecule has 1 unspecified atom stereocenters. The summed E-state index contributed by atoms with van der Waals surface area (Å²) in [4.78, 5) is 23.3. The molecule has 0 saturated heterocycles. The highest BCUT2D eigenvalue weighted by molar-refractivity contribution is 6.06. The average Bonchev–Trinajstić information content (AvgIpc) is 3.05. The summed E-state index contributed by atoms with van der Waals surface area (Å²) in [6, 6.07) is 0. The van der Waals surface area contributed by atoms with Crippen LogP contribution in [-0.4, -0.2) is 33.1 Å². The first-order valence-electron chi connectivity index (χ1n) is 7.09. The van der Waals surface area contributed by atoms with Gasteiger partial charge in [-0.25, -0.2) is 15.4 Å². The molecular formula is C14H18N6O. The van der Waals surface area contributed by atoms with E-state index >= 15 is 0 Å². The molecule has 110 valence electrons. The van der Waals surface area contributed by atoms with Crippen LogP contribution < -0.4 is 10.7 Å². The molecule has 3 heterocycles. The van der Waals surface area contributed by atoms with Gasteiger partial charge in [-0.3, -0.25) is 4.79 Å². The molecule has 0 radical (unpaired) electrons. The summed E-state index contributed by atoms with van der Waals surface area (Å²) in [7, 11) is 0. The van der Waals surface area contributed by atoms with Crippen LogP contribution in [-0.2, 0) is 11.2 Å². The molecule has 3 rings (SSSR count). The lowest BCUT2D eigenvalue weighted by Crippen LogP contribution is -2.24. The maximum Gasteiger partial charge on any atom is 0.248 e. The molecule has 3 N–H and O–H groups in total. The van der Waals surface area contributed by atoms with E-state index in [1.165, 1.54) is 11.9 Å². The van der Waals surface area contributed by atoms with Gasteiger partial charge in [-0.1, -0.05) is 6.92 Å². The smallest absolute Gasteiger partial charge is 0.248 e. The monoisotopic (exact) mass is 286 g/mol. The van der Waals surface area contributed by atoms with Crippen LogP contribution in [0.15, 0.2) is 17.6 Å². The Hall–Kier alpha value is -2.44. The van der Waals surface area contributed by atoms with Crippen LogP contribution in [0.5, 0.6) is 0 Å². The molecule has 1 aliphatic rings. The minimum absolute atomic E-state index is 0.0296. The number of carbonyl (C=O) groups excluding carboxylic acids is 1. The predicted molar refractivity (Wildman–Crippen MR) is 81.1 cm³/mol. The van der Waals surface area contributed by atoms with Gasteiger partial charge in [-0.15, -0.1) is 0 Å². The zero-order chi connectivity index (χ0) is 14.8. The van der Waals surface area contributed by atoms with Gasteiger partial charge in [-0.2, -0.15) is 5.10 Å². The fourth-order valence-corrected chi connectivity index (χ4v) is 2.60. The first kappa shape index (κ1) is 13.5. The molecule has 2 aromatic rings. The van der Waals surface area contributed by atoms with Crippen LogP contribution in [0.4, 0.5) is 5.82 Å². The van der Waals surface area contributed by atoms with Crippen molar-refractivity contribution in [1.82, 2.24) is 20.4 Å². The van der Waals surface area contributed by atoms with Gasteiger partial charge in [-0.05, 0) is 25.3 Å². The van der Waals surface area contributed by atoms with Crippen molar-refractivity contribution in [3.8, 4) is 0 Å². The summed E-state index contributed by atoms with van der Waals surface area (Å²) >= 11 is 0. The number of nitrogens with one attached hydrogen (secondary N) is 3. The fourth-order valence-electron chi connectivity index (χ4n) is 2.60. The van der Waals surface area contributed by atoms with Gasteiger partial charge in [0.2, 0.25) is 5.91 Å². The molecule has 0 saturated carbocycles. The Labute approximate surface area is 122 Å². The van der Waals surface area contributed by atoms with Gasteiger partial charge in [0.25, 0.3) is 0 Å². The molecule has 0 spiro atoms. The quantitative estimate of drug-likeness (QED) is 0.775. The second-order valence-electron chi connectivity index (χ2n) is 5.11. The molecule has 0 aromatic carbocycles. The maximum atomic E-state index is 11.6. The maximum absolute atomic E-state index is 11.6. The Kier molecular flexibility index (Phi) is 3.55. The van der Waals surface area contributed by atoms with Gasteiger partial charge in [0, 0.05) is 18.5 Å². The first-order chi connectivity index (χ1) is 10.2. The molecule has 1 atom stereocenters. The highest BCUT2D eigenvalue weighted by Crippen LogP contribution is 2.23. The summed E-state index contributed by atoms with van der Waals surface area (Å²) in [5.74, 6) is 0.635. The Bertz CT molecular complexity index is 705. The van der Waals surface area contributed by atoms with E-state index in [4.69, 9.17) is 0 Å². The molecule has 0 bridgehead atoms. The highest BCUT2D eigenvalue weighted by atomic mass is 16.2. The summed E-state index contributed by atoms with van der Waals surface area (Å²) in [6.07, 6.45) is 5.11. The van der Waals surface area contributed by atoms with Crippen molar-refractivity contribution in [3.63, 3.8) is 0 Å².